The Balaban J connectivity index is 1.28. The van der Waals surface area contributed by atoms with Gasteiger partial charge in [0, 0.05) is 36.4 Å². The van der Waals surface area contributed by atoms with E-state index in [1.54, 1.807) is 30.7 Å². The summed E-state index contributed by atoms with van der Waals surface area (Å²) in [5.74, 6) is 0.419. The number of alkyl carbamates (subject to hydrolysis) is 1. The zero-order chi connectivity index (χ0) is 23.0. The van der Waals surface area contributed by atoms with Gasteiger partial charge in [-0.3, -0.25) is 4.79 Å². The Morgan fingerprint density at radius 3 is 3.12 bits per heavy atom. The number of furan rings is 1. The second-order valence-electron chi connectivity index (χ2n) is 7.59. The number of hydrogen-bond donors (Lipinski definition) is 2. The molecule has 4 rings (SSSR count). The molecule has 0 aliphatic heterocycles. The number of nitrogens with zero attached hydrogens (tertiary/aromatic N) is 3. The van der Waals surface area contributed by atoms with E-state index in [1.165, 1.54) is 23.7 Å². The molecule has 2 N–H and O–H groups in total. The monoisotopic (exact) mass is 465 g/mol. The Labute approximate surface area is 194 Å². The van der Waals surface area contributed by atoms with Crippen LogP contribution < -0.4 is 10.6 Å². The third kappa shape index (κ3) is 5.90. The molecule has 1 aliphatic rings. The first-order chi connectivity index (χ1) is 16.1. The van der Waals surface area contributed by atoms with Crippen LogP contribution in [0.5, 0.6) is 0 Å². The van der Waals surface area contributed by atoms with Gasteiger partial charge >= 0.3 is 6.09 Å². The first-order valence-corrected chi connectivity index (χ1v) is 11.4. The van der Waals surface area contributed by atoms with Crippen LogP contribution in [0.15, 0.2) is 47.6 Å². The number of imidazole rings is 1. The smallest absolute Gasteiger partial charge is 0.407 e. The number of hydrogen-bond acceptors (Lipinski definition) is 7. The van der Waals surface area contributed by atoms with Crippen LogP contribution >= 0.6 is 11.3 Å². The molecule has 0 radical (unpaired) electrons. The van der Waals surface area contributed by atoms with Crippen LogP contribution in [0.25, 0.3) is 6.08 Å². The molecule has 0 bridgehead atoms. The number of carbonyl (C=O) groups excluding carboxylic acids is 2. The first-order valence-electron chi connectivity index (χ1n) is 10.6. The van der Waals surface area contributed by atoms with Crippen molar-refractivity contribution in [2.75, 3.05) is 18.5 Å². The van der Waals surface area contributed by atoms with Gasteiger partial charge in [-0.1, -0.05) is 0 Å². The number of carbonyl (C=O) groups is 2. The predicted octanol–water partition coefficient (Wildman–Crippen LogP) is 3.59. The molecule has 0 aromatic carbocycles. The minimum Gasteiger partial charge on any atom is -0.465 e. The lowest BCUT2D eigenvalue weighted by atomic mass is 9.88. The number of ether oxygens (including phenoxy) is 1. The Morgan fingerprint density at radius 2 is 2.36 bits per heavy atom. The topological polar surface area (TPSA) is 122 Å². The van der Waals surface area contributed by atoms with E-state index in [0.29, 0.717) is 48.9 Å². The molecule has 0 saturated heterocycles. The summed E-state index contributed by atoms with van der Waals surface area (Å²) >= 11 is 1.41. The van der Waals surface area contributed by atoms with Gasteiger partial charge < -0.3 is 24.4 Å². The van der Waals surface area contributed by atoms with E-state index in [9.17, 15) is 14.9 Å². The van der Waals surface area contributed by atoms with Crippen LogP contribution in [0.2, 0.25) is 0 Å². The highest BCUT2D eigenvalue weighted by molar-refractivity contribution is 7.16. The predicted molar refractivity (Wildman–Crippen MR) is 122 cm³/mol. The van der Waals surface area contributed by atoms with Gasteiger partial charge in [-0.15, -0.1) is 11.3 Å². The molecule has 9 nitrogen and oxygen atoms in total. The summed E-state index contributed by atoms with van der Waals surface area (Å²) in [7, 11) is 0. The van der Waals surface area contributed by atoms with Gasteiger partial charge in [0.25, 0.3) is 0 Å². The Morgan fingerprint density at radius 1 is 1.45 bits per heavy atom. The zero-order valence-electron chi connectivity index (χ0n) is 17.8. The minimum atomic E-state index is -0.443. The molecule has 170 valence electrons. The molecule has 0 saturated carbocycles. The molecule has 10 heteroatoms. The maximum Gasteiger partial charge on any atom is 0.407 e. The Kier molecular flexibility index (Phi) is 7.22. The van der Waals surface area contributed by atoms with Crippen molar-refractivity contribution in [1.82, 2.24) is 14.9 Å². The first kappa shape index (κ1) is 22.4. The summed E-state index contributed by atoms with van der Waals surface area (Å²) in [6.45, 7) is 1.39. The van der Waals surface area contributed by atoms with E-state index in [-0.39, 0.29) is 11.8 Å². The fraction of sp³-hybridized carbons (Fsp3) is 0.304. The summed E-state index contributed by atoms with van der Waals surface area (Å²) in [5.41, 5.74) is 1.50. The van der Waals surface area contributed by atoms with Gasteiger partial charge in [0.05, 0.1) is 24.8 Å². The van der Waals surface area contributed by atoms with E-state index in [0.717, 1.165) is 16.9 Å². The fourth-order valence-corrected chi connectivity index (χ4v) is 4.97. The standard InChI is InChI=1S/C23H23N5O4S/c24-13-19-18-5-3-16(14-32-23(30)26-8-10-28-9-7-25-15-28)12-20(18)33-22(19)27-21(29)6-4-17-2-1-11-31-17/h1-2,4,6-7,9,11,15-16H,3,5,8,10,12,14H2,(H,26,30)(H,27,29). The van der Waals surface area contributed by atoms with Crippen molar-refractivity contribution in [3.63, 3.8) is 0 Å². The van der Waals surface area contributed by atoms with E-state index in [1.807, 2.05) is 10.8 Å². The average Bonchev–Trinajstić information content (AvgIpc) is 3.57. The van der Waals surface area contributed by atoms with Crippen molar-refractivity contribution in [3.8, 4) is 6.07 Å². The fourth-order valence-electron chi connectivity index (χ4n) is 3.65. The van der Waals surface area contributed by atoms with Crippen molar-refractivity contribution in [2.24, 2.45) is 5.92 Å². The maximum absolute atomic E-state index is 12.3. The van der Waals surface area contributed by atoms with Crippen LogP contribution in [0.3, 0.4) is 0 Å². The molecule has 1 atom stereocenters. The number of thiophene rings is 1. The Bertz CT molecular complexity index is 1160. The molecule has 1 unspecified atom stereocenters. The largest absolute Gasteiger partial charge is 0.465 e. The number of anilines is 1. The van der Waals surface area contributed by atoms with Crippen LogP contribution in [0.1, 0.15) is 28.2 Å². The number of amides is 2. The lowest BCUT2D eigenvalue weighted by Crippen LogP contribution is -2.30. The zero-order valence-corrected chi connectivity index (χ0v) is 18.6. The third-order valence-corrected chi connectivity index (χ3v) is 6.48. The molecule has 2 amide bonds. The van der Waals surface area contributed by atoms with Gasteiger partial charge in [0.1, 0.15) is 16.8 Å². The van der Waals surface area contributed by atoms with Gasteiger partial charge in [-0.05, 0) is 49.0 Å². The highest BCUT2D eigenvalue weighted by Crippen LogP contribution is 2.39. The summed E-state index contributed by atoms with van der Waals surface area (Å²) in [6, 6.07) is 5.72. The molecule has 33 heavy (non-hydrogen) atoms. The van der Waals surface area contributed by atoms with Gasteiger partial charge in [0.2, 0.25) is 5.91 Å². The molecule has 3 heterocycles. The molecule has 3 aromatic rings. The van der Waals surface area contributed by atoms with Crippen LogP contribution in [0.4, 0.5) is 9.80 Å². The minimum absolute atomic E-state index is 0.171. The van der Waals surface area contributed by atoms with Gasteiger partial charge in [0.15, 0.2) is 0 Å². The van der Waals surface area contributed by atoms with Crippen molar-refractivity contribution < 1.29 is 18.7 Å². The SMILES string of the molecule is N#Cc1c(NC(=O)C=Cc2ccco2)sc2c1CCC(COC(=O)NCCn1ccnc1)C2. The second kappa shape index (κ2) is 10.7. The number of rotatable bonds is 8. The van der Waals surface area contributed by atoms with E-state index in [4.69, 9.17) is 9.15 Å². The number of nitriles is 1. The second-order valence-corrected chi connectivity index (χ2v) is 8.70. The van der Waals surface area contributed by atoms with Gasteiger partial charge in [-0.25, -0.2) is 9.78 Å². The summed E-state index contributed by atoms with van der Waals surface area (Å²) in [6.07, 6.45) is 11.5. The molecular weight excluding hydrogens is 442 g/mol. The lowest BCUT2D eigenvalue weighted by molar-refractivity contribution is -0.111. The van der Waals surface area contributed by atoms with E-state index >= 15 is 0 Å². The molecule has 1 aliphatic carbocycles. The van der Waals surface area contributed by atoms with Crippen LogP contribution in [-0.4, -0.2) is 34.7 Å². The highest BCUT2D eigenvalue weighted by atomic mass is 32.1. The van der Waals surface area contributed by atoms with E-state index < -0.39 is 6.09 Å². The maximum atomic E-state index is 12.3. The summed E-state index contributed by atoms with van der Waals surface area (Å²) < 4.78 is 12.4. The van der Waals surface area contributed by atoms with Crippen LogP contribution in [0, 0.1) is 17.2 Å². The Hall–Kier alpha value is -3.84. The third-order valence-electron chi connectivity index (χ3n) is 5.31. The average molecular weight is 466 g/mol. The highest BCUT2D eigenvalue weighted by Gasteiger charge is 2.27. The van der Waals surface area contributed by atoms with Crippen molar-refractivity contribution in [3.05, 3.63) is 65.0 Å². The molecular formula is C23H23N5O4S. The molecule has 0 fully saturated rings. The van der Waals surface area contributed by atoms with Gasteiger partial charge in [-0.2, -0.15) is 5.26 Å². The molecule has 0 spiro atoms. The van der Waals surface area contributed by atoms with E-state index in [2.05, 4.69) is 21.7 Å². The van der Waals surface area contributed by atoms with Crippen molar-refractivity contribution >= 4 is 34.4 Å². The van der Waals surface area contributed by atoms with Crippen LogP contribution in [-0.2, 0) is 28.9 Å². The number of fused-ring (bicyclic) bond motifs is 1. The molecule has 3 aromatic heterocycles. The quantitative estimate of drug-likeness (QED) is 0.490. The summed E-state index contributed by atoms with van der Waals surface area (Å²) in [4.78, 5) is 29.3. The van der Waals surface area contributed by atoms with Crippen molar-refractivity contribution in [1.29, 1.82) is 5.26 Å². The number of aromatic nitrogens is 2. The lowest BCUT2D eigenvalue weighted by Gasteiger charge is -2.21. The van der Waals surface area contributed by atoms with Crippen molar-refractivity contribution in [2.45, 2.75) is 25.8 Å². The number of nitrogens with one attached hydrogen (secondary N) is 2. The summed E-state index contributed by atoms with van der Waals surface area (Å²) in [5, 5.41) is 15.7. The normalized spacial score (nSPS) is 15.1.